The molecule has 0 aliphatic rings. The standard InChI is InChI=1S/C16H14N2O5/c1-8-6-11(16(19)20)13-10-7-9(18(21)22)4-5-12(10)17(2)14(13)15(8)23-3/h4-7H,1-3H3,(H,19,20). The number of rotatable bonds is 3. The number of hydrogen-bond acceptors (Lipinski definition) is 4. The lowest BCUT2D eigenvalue weighted by Gasteiger charge is -2.10. The van der Waals surface area contributed by atoms with Crippen molar-refractivity contribution in [2.45, 2.75) is 6.92 Å². The first kappa shape index (κ1) is 14.8. The number of ether oxygens (including phenoxy) is 1. The average Bonchev–Trinajstić information content (AvgIpc) is 2.79. The Balaban J connectivity index is 2.62. The second kappa shape index (κ2) is 4.98. The van der Waals surface area contributed by atoms with Crippen molar-refractivity contribution in [1.82, 2.24) is 4.57 Å². The monoisotopic (exact) mass is 314 g/mol. The molecule has 7 nitrogen and oxygen atoms in total. The van der Waals surface area contributed by atoms with E-state index in [-0.39, 0.29) is 11.3 Å². The van der Waals surface area contributed by atoms with Gasteiger partial charge >= 0.3 is 5.97 Å². The molecule has 0 fully saturated rings. The molecular weight excluding hydrogens is 300 g/mol. The molecule has 23 heavy (non-hydrogen) atoms. The quantitative estimate of drug-likeness (QED) is 0.591. The van der Waals surface area contributed by atoms with Crippen LogP contribution in [0.15, 0.2) is 24.3 Å². The van der Waals surface area contributed by atoms with Crippen molar-refractivity contribution >= 4 is 33.5 Å². The number of aromatic carboxylic acids is 1. The van der Waals surface area contributed by atoms with Crippen LogP contribution in [0, 0.1) is 17.0 Å². The Bertz CT molecular complexity index is 987. The van der Waals surface area contributed by atoms with E-state index in [2.05, 4.69) is 0 Å². The molecule has 0 atom stereocenters. The van der Waals surface area contributed by atoms with E-state index in [0.29, 0.717) is 33.1 Å². The van der Waals surface area contributed by atoms with E-state index < -0.39 is 10.9 Å². The summed E-state index contributed by atoms with van der Waals surface area (Å²) in [5.41, 5.74) is 2.03. The Hall–Kier alpha value is -3.09. The van der Waals surface area contributed by atoms with Crippen LogP contribution >= 0.6 is 0 Å². The predicted molar refractivity (Wildman–Crippen MR) is 85.3 cm³/mol. The molecule has 1 N–H and O–H groups in total. The molecule has 0 spiro atoms. The van der Waals surface area contributed by atoms with Crippen molar-refractivity contribution in [3.8, 4) is 5.75 Å². The normalized spacial score (nSPS) is 11.1. The zero-order valence-electron chi connectivity index (χ0n) is 12.8. The van der Waals surface area contributed by atoms with Gasteiger partial charge in [-0.05, 0) is 24.6 Å². The Kier molecular flexibility index (Phi) is 3.21. The summed E-state index contributed by atoms with van der Waals surface area (Å²) in [5.74, 6) is -0.522. The van der Waals surface area contributed by atoms with Gasteiger partial charge in [0.1, 0.15) is 5.75 Å². The molecule has 0 saturated heterocycles. The summed E-state index contributed by atoms with van der Waals surface area (Å²) >= 11 is 0. The number of carbonyl (C=O) groups is 1. The summed E-state index contributed by atoms with van der Waals surface area (Å²) in [5, 5.41) is 21.5. The van der Waals surface area contributed by atoms with Crippen LogP contribution in [0.5, 0.6) is 5.75 Å². The highest BCUT2D eigenvalue weighted by atomic mass is 16.6. The average molecular weight is 314 g/mol. The minimum absolute atomic E-state index is 0.0825. The highest BCUT2D eigenvalue weighted by molar-refractivity contribution is 6.19. The number of nitro benzene ring substituents is 1. The van der Waals surface area contributed by atoms with Gasteiger partial charge in [-0.3, -0.25) is 10.1 Å². The molecular formula is C16H14N2O5. The summed E-state index contributed by atoms with van der Waals surface area (Å²) in [6.45, 7) is 1.77. The van der Waals surface area contributed by atoms with Gasteiger partial charge in [0, 0.05) is 35.5 Å². The van der Waals surface area contributed by atoms with Crippen LogP contribution in [0.25, 0.3) is 21.8 Å². The summed E-state index contributed by atoms with van der Waals surface area (Å²) < 4.78 is 7.23. The number of non-ortho nitro benzene ring substituents is 1. The maximum absolute atomic E-state index is 11.7. The molecule has 3 rings (SSSR count). The number of nitrogens with zero attached hydrogens (tertiary/aromatic N) is 2. The van der Waals surface area contributed by atoms with E-state index in [0.717, 1.165) is 0 Å². The smallest absolute Gasteiger partial charge is 0.336 e. The van der Waals surface area contributed by atoms with E-state index in [1.54, 1.807) is 24.6 Å². The number of nitro groups is 1. The first-order chi connectivity index (χ1) is 10.9. The lowest BCUT2D eigenvalue weighted by molar-refractivity contribution is -0.384. The van der Waals surface area contributed by atoms with E-state index in [1.165, 1.54) is 25.3 Å². The Morgan fingerprint density at radius 3 is 2.61 bits per heavy atom. The minimum Gasteiger partial charge on any atom is -0.494 e. The van der Waals surface area contributed by atoms with Crippen LogP contribution < -0.4 is 4.74 Å². The lowest BCUT2D eigenvalue weighted by atomic mass is 10.0. The number of aryl methyl sites for hydroxylation is 2. The van der Waals surface area contributed by atoms with Gasteiger partial charge in [0.2, 0.25) is 0 Å². The zero-order valence-corrected chi connectivity index (χ0v) is 12.8. The molecule has 7 heteroatoms. The fraction of sp³-hybridized carbons (Fsp3) is 0.188. The summed E-state index contributed by atoms with van der Waals surface area (Å²) in [6, 6.07) is 5.95. The maximum Gasteiger partial charge on any atom is 0.336 e. The summed E-state index contributed by atoms with van der Waals surface area (Å²) in [7, 11) is 3.30. The number of carboxylic acid groups (broad SMARTS) is 1. The third kappa shape index (κ3) is 2.01. The fourth-order valence-corrected chi connectivity index (χ4v) is 3.05. The largest absolute Gasteiger partial charge is 0.494 e. The van der Waals surface area contributed by atoms with Crippen molar-refractivity contribution in [1.29, 1.82) is 0 Å². The Morgan fingerprint density at radius 2 is 2.04 bits per heavy atom. The number of carboxylic acids is 1. The van der Waals surface area contributed by atoms with Crippen molar-refractivity contribution in [3.05, 3.63) is 45.5 Å². The highest BCUT2D eigenvalue weighted by Gasteiger charge is 2.22. The molecule has 0 unspecified atom stereocenters. The predicted octanol–water partition coefficient (Wildman–Crippen LogP) is 3.25. The maximum atomic E-state index is 11.7. The van der Waals surface area contributed by atoms with Gasteiger partial charge < -0.3 is 14.4 Å². The molecule has 0 amide bonds. The number of hydrogen-bond donors (Lipinski definition) is 1. The highest BCUT2D eigenvalue weighted by Crippen LogP contribution is 2.39. The van der Waals surface area contributed by atoms with Crippen LogP contribution in [0.4, 0.5) is 5.69 Å². The third-order valence-electron chi connectivity index (χ3n) is 4.03. The molecule has 1 aromatic heterocycles. The van der Waals surface area contributed by atoms with Gasteiger partial charge in [-0.2, -0.15) is 0 Å². The van der Waals surface area contributed by atoms with E-state index in [4.69, 9.17) is 4.74 Å². The van der Waals surface area contributed by atoms with Crippen LogP contribution in [0.3, 0.4) is 0 Å². The first-order valence-corrected chi connectivity index (χ1v) is 6.84. The first-order valence-electron chi connectivity index (χ1n) is 6.84. The third-order valence-corrected chi connectivity index (χ3v) is 4.03. The molecule has 2 aromatic carbocycles. The molecule has 0 radical (unpaired) electrons. The Morgan fingerprint density at radius 1 is 1.35 bits per heavy atom. The van der Waals surface area contributed by atoms with Crippen LogP contribution in [0.2, 0.25) is 0 Å². The lowest BCUT2D eigenvalue weighted by Crippen LogP contribution is -2.01. The molecule has 0 saturated carbocycles. The number of aromatic nitrogens is 1. The zero-order chi connectivity index (χ0) is 16.9. The van der Waals surface area contributed by atoms with Crippen molar-refractivity contribution < 1.29 is 19.6 Å². The summed E-state index contributed by atoms with van der Waals surface area (Å²) in [6.07, 6.45) is 0. The molecule has 0 bridgehead atoms. The molecule has 3 aromatic rings. The summed E-state index contributed by atoms with van der Waals surface area (Å²) in [4.78, 5) is 22.2. The topological polar surface area (TPSA) is 94.6 Å². The fourth-order valence-electron chi connectivity index (χ4n) is 3.05. The molecule has 0 aliphatic carbocycles. The van der Waals surface area contributed by atoms with Gasteiger partial charge in [-0.1, -0.05) is 0 Å². The van der Waals surface area contributed by atoms with E-state index in [9.17, 15) is 20.0 Å². The van der Waals surface area contributed by atoms with Gasteiger partial charge in [-0.25, -0.2) is 4.79 Å². The number of methoxy groups -OCH3 is 1. The second-order valence-corrected chi connectivity index (χ2v) is 5.32. The second-order valence-electron chi connectivity index (χ2n) is 5.32. The van der Waals surface area contributed by atoms with Gasteiger partial charge in [0.25, 0.3) is 5.69 Å². The van der Waals surface area contributed by atoms with E-state index >= 15 is 0 Å². The minimum atomic E-state index is -1.08. The molecule has 1 heterocycles. The van der Waals surface area contributed by atoms with E-state index in [1.807, 2.05) is 0 Å². The molecule has 118 valence electrons. The molecule has 0 aliphatic heterocycles. The van der Waals surface area contributed by atoms with Crippen LogP contribution in [-0.4, -0.2) is 27.7 Å². The van der Waals surface area contributed by atoms with Crippen LogP contribution in [0.1, 0.15) is 15.9 Å². The van der Waals surface area contributed by atoms with Gasteiger partial charge in [-0.15, -0.1) is 0 Å². The van der Waals surface area contributed by atoms with Gasteiger partial charge in [0.15, 0.2) is 0 Å². The van der Waals surface area contributed by atoms with Gasteiger partial charge in [0.05, 0.1) is 23.1 Å². The number of benzene rings is 2. The number of fused-ring (bicyclic) bond motifs is 3. The van der Waals surface area contributed by atoms with Crippen molar-refractivity contribution in [2.24, 2.45) is 7.05 Å². The van der Waals surface area contributed by atoms with Crippen molar-refractivity contribution in [3.63, 3.8) is 0 Å². The van der Waals surface area contributed by atoms with Crippen LogP contribution in [-0.2, 0) is 7.05 Å². The van der Waals surface area contributed by atoms with Crippen molar-refractivity contribution in [2.75, 3.05) is 7.11 Å². The SMILES string of the molecule is COc1c(C)cc(C(=O)O)c2c3cc([N+](=O)[O-])ccc3n(C)c12. The Labute approximate surface area is 130 Å².